The minimum absolute atomic E-state index is 0.291. The summed E-state index contributed by atoms with van der Waals surface area (Å²) in [7, 11) is 2.23. The Morgan fingerprint density at radius 3 is 2.25 bits per heavy atom. The highest BCUT2D eigenvalue weighted by molar-refractivity contribution is 4.97. The highest BCUT2D eigenvalue weighted by Gasteiger charge is 2.39. The number of rotatable bonds is 2. The summed E-state index contributed by atoms with van der Waals surface area (Å²) in [5.41, 5.74) is 6.97. The quantitative estimate of drug-likeness (QED) is 0.844. The average molecular weight is 281 g/mol. The van der Waals surface area contributed by atoms with Gasteiger partial charge in [0, 0.05) is 12.1 Å². The van der Waals surface area contributed by atoms with Crippen LogP contribution in [-0.4, -0.2) is 55.1 Å². The zero-order valence-corrected chi connectivity index (χ0v) is 14.1. The number of piperidine rings is 1. The van der Waals surface area contributed by atoms with Gasteiger partial charge in [0.1, 0.15) is 0 Å². The monoisotopic (exact) mass is 281 g/mol. The maximum absolute atomic E-state index is 6.23. The molecule has 0 radical (unpaired) electrons. The molecule has 2 aliphatic heterocycles. The van der Waals surface area contributed by atoms with Crippen molar-refractivity contribution in [3.63, 3.8) is 0 Å². The van der Waals surface area contributed by atoms with Crippen LogP contribution in [0.5, 0.6) is 0 Å². The number of nitrogens with two attached hydrogens (primary N) is 1. The van der Waals surface area contributed by atoms with Crippen LogP contribution in [0.1, 0.15) is 52.9 Å². The molecule has 3 heteroatoms. The van der Waals surface area contributed by atoms with Gasteiger partial charge in [-0.25, -0.2) is 0 Å². The molecule has 0 aromatic carbocycles. The zero-order chi connectivity index (χ0) is 14.8. The minimum atomic E-state index is 0.291. The van der Waals surface area contributed by atoms with Crippen molar-refractivity contribution >= 4 is 0 Å². The van der Waals surface area contributed by atoms with E-state index in [1.165, 1.54) is 58.3 Å². The van der Waals surface area contributed by atoms with Gasteiger partial charge < -0.3 is 10.6 Å². The van der Waals surface area contributed by atoms with Crippen LogP contribution in [0.25, 0.3) is 0 Å². The van der Waals surface area contributed by atoms with Gasteiger partial charge in [-0.3, -0.25) is 4.90 Å². The van der Waals surface area contributed by atoms with Gasteiger partial charge in [-0.05, 0) is 76.7 Å². The lowest BCUT2D eigenvalue weighted by atomic mass is 9.76. The first-order chi connectivity index (χ1) is 9.37. The summed E-state index contributed by atoms with van der Waals surface area (Å²) < 4.78 is 0. The summed E-state index contributed by atoms with van der Waals surface area (Å²) in [5.74, 6) is 0.869. The van der Waals surface area contributed by atoms with Crippen LogP contribution < -0.4 is 5.73 Å². The van der Waals surface area contributed by atoms with Gasteiger partial charge in [0.2, 0.25) is 0 Å². The molecule has 1 unspecified atom stereocenters. The molecule has 1 atom stereocenters. The molecule has 20 heavy (non-hydrogen) atoms. The zero-order valence-electron chi connectivity index (χ0n) is 14.1. The molecule has 2 fully saturated rings. The van der Waals surface area contributed by atoms with E-state index in [0.717, 1.165) is 12.5 Å². The summed E-state index contributed by atoms with van der Waals surface area (Å²) >= 11 is 0. The highest BCUT2D eigenvalue weighted by atomic mass is 15.2. The molecular formula is C17H35N3. The molecule has 0 spiro atoms. The van der Waals surface area contributed by atoms with Crippen LogP contribution in [-0.2, 0) is 0 Å². The summed E-state index contributed by atoms with van der Waals surface area (Å²) in [5, 5.41) is 0. The van der Waals surface area contributed by atoms with Gasteiger partial charge in [0.15, 0.2) is 0 Å². The van der Waals surface area contributed by atoms with Gasteiger partial charge in [-0.15, -0.1) is 0 Å². The predicted octanol–water partition coefficient (Wildman–Crippen LogP) is 2.56. The maximum atomic E-state index is 6.23. The van der Waals surface area contributed by atoms with Crippen molar-refractivity contribution in [3.05, 3.63) is 0 Å². The average Bonchev–Trinajstić information content (AvgIpc) is 2.66. The van der Waals surface area contributed by atoms with Crippen molar-refractivity contribution in [1.82, 2.24) is 9.80 Å². The molecule has 2 saturated heterocycles. The van der Waals surface area contributed by atoms with Crippen molar-refractivity contribution in [2.24, 2.45) is 17.1 Å². The van der Waals surface area contributed by atoms with E-state index in [4.69, 9.17) is 5.73 Å². The van der Waals surface area contributed by atoms with Gasteiger partial charge in [0.05, 0.1) is 0 Å². The molecule has 0 bridgehead atoms. The highest BCUT2D eigenvalue weighted by Crippen LogP contribution is 2.37. The van der Waals surface area contributed by atoms with E-state index in [2.05, 4.69) is 37.6 Å². The van der Waals surface area contributed by atoms with Crippen LogP contribution in [0.3, 0.4) is 0 Å². The number of likely N-dealkylation sites (tertiary alicyclic amines) is 2. The lowest BCUT2D eigenvalue weighted by Crippen LogP contribution is -2.59. The first-order valence-corrected chi connectivity index (χ1v) is 8.51. The van der Waals surface area contributed by atoms with E-state index < -0.39 is 0 Å². The predicted molar refractivity (Wildman–Crippen MR) is 86.9 cm³/mol. The number of hydrogen-bond donors (Lipinski definition) is 1. The first kappa shape index (κ1) is 16.3. The molecule has 2 rings (SSSR count). The second-order valence-corrected chi connectivity index (χ2v) is 8.21. The van der Waals surface area contributed by atoms with E-state index >= 15 is 0 Å². The summed E-state index contributed by atoms with van der Waals surface area (Å²) in [4.78, 5) is 5.20. The maximum Gasteiger partial charge on any atom is 0.0356 e. The molecule has 118 valence electrons. The van der Waals surface area contributed by atoms with Crippen molar-refractivity contribution < 1.29 is 0 Å². The van der Waals surface area contributed by atoms with E-state index in [1.807, 2.05) is 0 Å². The number of hydrogen-bond acceptors (Lipinski definition) is 3. The lowest BCUT2D eigenvalue weighted by molar-refractivity contribution is 0.0341. The Hall–Kier alpha value is -0.120. The number of nitrogens with zero attached hydrogens (tertiary/aromatic N) is 2. The molecule has 2 N–H and O–H groups in total. The normalized spacial score (nSPS) is 30.1. The molecule has 2 heterocycles. The van der Waals surface area contributed by atoms with Crippen molar-refractivity contribution in [2.45, 2.75) is 58.4 Å². The molecular weight excluding hydrogens is 246 g/mol. The Balaban J connectivity index is 2.01. The van der Waals surface area contributed by atoms with E-state index in [9.17, 15) is 0 Å². The van der Waals surface area contributed by atoms with Crippen LogP contribution in [0.4, 0.5) is 0 Å². The Morgan fingerprint density at radius 2 is 1.70 bits per heavy atom. The second kappa shape index (κ2) is 6.33. The van der Waals surface area contributed by atoms with E-state index in [0.29, 0.717) is 11.0 Å². The van der Waals surface area contributed by atoms with Crippen LogP contribution in [0.2, 0.25) is 0 Å². The molecule has 0 amide bonds. The van der Waals surface area contributed by atoms with Crippen LogP contribution in [0.15, 0.2) is 0 Å². The van der Waals surface area contributed by atoms with Gasteiger partial charge in [0.25, 0.3) is 0 Å². The third-order valence-electron chi connectivity index (χ3n) is 5.92. The fourth-order valence-electron chi connectivity index (χ4n) is 4.12. The van der Waals surface area contributed by atoms with Gasteiger partial charge in [-0.2, -0.15) is 0 Å². The summed E-state index contributed by atoms with van der Waals surface area (Å²) in [6, 6.07) is 0. The third kappa shape index (κ3) is 3.55. The van der Waals surface area contributed by atoms with Gasteiger partial charge in [-0.1, -0.05) is 20.8 Å². The first-order valence-electron chi connectivity index (χ1n) is 8.51. The second-order valence-electron chi connectivity index (χ2n) is 8.21. The van der Waals surface area contributed by atoms with E-state index in [1.54, 1.807) is 0 Å². The fourth-order valence-corrected chi connectivity index (χ4v) is 4.12. The third-order valence-corrected chi connectivity index (χ3v) is 5.92. The summed E-state index contributed by atoms with van der Waals surface area (Å²) in [6.45, 7) is 13.0. The van der Waals surface area contributed by atoms with Crippen molar-refractivity contribution in [3.8, 4) is 0 Å². The smallest absolute Gasteiger partial charge is 0.0356 e. The summed E-state index contributed by atoms with van der Waals surface area (Å²) in [6.07, 6.45) is 6.58. The molecule has 0 aromatic rings. The van der Waals surface area contributed by atoms with E-state index in [-0.39, 0.29) is 0 Å². The topological polar surface area (TPSA) is 32.5 Å². The molecule has 0 aromatic heterocycles. The standard InChI is InChI=1S/C17H35N3/c1-16(2,3)15-6-5-10-20(11-7-15)17(14-18)8-12-19(4)13-9-17/h15H,5-14,18H2,1-4H3. The fraction of sp³-hybridized carbons (Fsp3) is 1.00. The molecule has 3 nitrogen and oxygen atoms in total. The Morgan fingerprint density at radius 1 is 1.05 bits per heavy atom. The minimum Gasteiger partial charge on any atom is -0.329 e. The van der Waals surface area contributed by atoms with Crippen molar-refractivity contribution in [2.75, 3.05) is 39.8 Å². The van der Waals surface area contributed by atoms with Crippen molar-refractivity contribution in [1.29, 1.82) is 0 Å². The largest absolute Gasteiger partial charge is 0.329 e. The molecule has 0 aliphatic carbocycles. The van der Waals surface area contributed by atoms with Gasteiger partial charge >= 0.3 is 0 Å². The Kier molecular flexibility index (Phi) is 5.14. The molecule has 0 saturated carbocycles. The SMILES string of the molecule is CN1CCC(CN)(N2CCCC(C(C)(C)C)CC2)CC1. The Bertz CT molecular complexity index is 300. The lowest BCUT2D eigenvalue weighted by Gasteiger charge is -2.48. The molecule has 2 aliphatic rings. The van der Waals surface area contributed by atoms with Crippen LogP contribution >= 0.6 is 0 Å². The Labute approximate surface area is 125 Å². The van der Waals surface area contributed by atoms with Crippen LogP contribution in [0, 0.1) is 11.3 Å².